The number of nitrogen functional groups attached to an aromatic ring is 1. The molecule has 2 aromatic heterocycles. The first-order valence-electron chi connectivity index (χ1n) is 9.75. The minimum atomic E-state index is -0.432. The van der Waals surface area contributed by atoms with Crippen molar-refractivity contribution in [3.05, 3.63) is 76.8 Å². The minimum Gasteiger partial charge on any atom is -0.482 e. The molecule has 0 saturated heterocycles. The molecule has 0 radical (unpaired) electrons. The number of aromatic nitrogens is 4. The fraction of sp³-hybridized carbons (Fsp3) is 0.227. The molecule has 0 bridgehead atoms. The minimum absolute atomic E-state index is 0.0260. The summed E-state index contributed by atoms with van der Waals surface area (Å²) >= 11 is 3.05. The molecule has 0 amide bonds. The molecular formula is C22H22FN5OS2. The molecule has 0 fully saturated rings. The monoisotopic (exact) mass is 455 g/mol. The van der Waals surface area contributed by atoms with Gasteiger partial charge in [0, 0.05) is 16.7 Å². The van der Waals surface area contributed by atoms with Crippen LogP contribution in [-0.4, -0.2) is 19.9 Å². The average molecular weight is 456 g/mol. The predicted molar refractivity (Wildman–Crippen MR) is 122 cm³/mol. The highest BCUT2D eigenvalue weighted by atomic mass is 32.2. The van der Waals surface area contributed by atoms with E-state index in [1.807, 2.05) is 5.38 Å². The van der Waals surface area contributed by atoms with E-state index in [1.54, 1.807) is 29.5 Å². The maximum absolute atomic E-state index is 13.7. The Morgan fingerprint density at radius 1 is 1.13 bits per heavy atom. The summed E-state index contributed by atoms with van der Waals surface area (Å²) in [4.78, 5) is 4.73. The van der Waals surface area contributed by atoms with Gasteiger partial charge in [-0.1, -0.05) is 62.0 Å². The summed E-state index contributed by atoms with van der Waals surface area (Å²) in [7, 11) is 0. The van der Waals surface area contributed by atoms with E-state index >= 15 is 0 Å². The van der Waals surface area contributed by atoms with E-state index in [2.05, 4.69) is 48.3 Å². The molecule has 2 N–H and O–H groups in total. The standard InChI is InChI=1S/C22H22FN5OS2/c1-14(2)15-7-9-16(10-8-15)21-25-17(12-30-21)13-31-22-27-26-20(28(22)24)11-29-19-6-4-3-5-18(19)23/h3-10,12,14H,11,13,24H2,1-2H3. The number of hydrogen-bond acceptors (Lipinski definition) is 7. The summed E-state index contributed by atoms with van der Waals surface area (Å²) in [6.45, 7) is 4.39. The van der Waals surface area contributed by atoms with Crippen molar-refractivity contribution >= 4 is 23.1 Å². The molecule has 160 valence electrons. The third kappa shape index (κ3) is 5.05. The summed E-state index contributed by atoms with van der Waals surface area (Å²) in [6.07, 6.45) is 0. The summed E-state index contributed by atoms with van der Waals surface area (Å²) in [6, 6.07) is 14.7. The summed E-state index contributed by atoms with van der Waals surface area (Å²) in [5, 5.41) is 11.7. The molecule has 0 spiro atoms. The molecule has 0 aliphatic heterocycles. The Morgan fingerprint density at radius 3 is 2.65 bits per heavy atom. The largest absolute Gasteiger partial charge is 0.482 e. The summed E-state index contributed by atoms with van der Waals surface area (Å²) in [5.74, 6) is 7.34. The van der Waals surface area contributed by atoms with Crippen molar-refractivity contribution in [2.75, 3.05) is 5.84 Å². The molecule has 9 heteroatoms. The predicted octanol–water partition coefficient (Wildman–Crippen LogP) is 5.25. The van der Waals surface area contributed by atoms with Crippen molar-refractivity contribution in [3.63, 3.8) is 0 Å². The molecule has 31 heavy (non-hydrogen) atoms. The Kier molecular flexibility index (Phi) is 6.53. The number of rotatable bonds is 8. The van der Waals surface area contributed by atoms with E-state index in [0.29, 0.717) is 22.7 Å². The number of para-hydroxylation sites is 1. The number of benzene rings is 2. The third-order valence-electron chi connectivity index (χ3n) is 4.65. The van der Waals surface area contributed by atoms with Gasteiger partial charge in [0.15, 0.2) is 17.4 Å². The molecule has 0 saturated carbocycles. The number of thioether (sulfide) groups is 1. The second-order valence-electron chi connectivity index (χ2n) is 7.20. The zero-order chi connectivity index (χ0) is 21.8. The molecular weight excluding hydrogens is 433 g/mol. The Balaban J connectivity index is 1.36. The second-order valence-corrected chi connectivity index (χ2v) is 9.00. The van der Waals surface area contributed by atoms with Crippen LogP contribution in [-0.2, 0) is 12.4 Å². The van der Waals surface area contributed by atoms with Gasteiger partial charge in [0.05, 0.1) is 5.69 Å². The van der Waals surface area contributed by atoms with Crippen LogP contribution in [0.1, 0.15) is 36.8 Å². The molecule has 4 aromatic rings. The number of halogens is 1. The lowest BCUT2D eigenvalue weighted by Gasteiger charge is -2.06. The normalized spacial score (nSPS) is 11.2. The molecule has 0 unspecified atom stereocenters. The Morgan fingerprint density at radius 2 is 1.90 bits per heavy atom. The average Bonchev–Trinajstić information content (AvgIpc) is 3.38. The number of hydrogen-bond donors (Lipinski definition) is 1. The molecule has 0 aliphatic carbocycles. The molecule has 2 heterocycles. The number of ether oxygens (including phenoxy) is 1. The molecule has 6 nitrogen and oxygen atoms in total. The Labute approximate surface area is 188 Å². The first kappa shape index (κ1) is 21.3. The zero-order valence-corrected chi connectivity index (χ0v) is 18.8. The summed E-state index contributed by atoms with van der Waals surface area (Å²) in [5.41, 5.74) is 3.37. The lowest BCUT2D eigenvalue weighted by Crippen LogP contribution is -2.16. The highest BCUT2D eigenvalue weighted by Gasteiger charge is 2.13. The van der Waals surface area contributed by atoms with Gasteiger partial charge in [0.25, 0.3) is 0 Å². The summed E-state index contributed by atoms with van der Waals surface area (Å²) < 4.78 is 20.5. The van der Waals surface area contributed by atoms with Crippen molar-refractivity contribution in [1.82, 2.24) is 19.9 Å². The van der Waals surface area contributed by atoms with Crippen molar-refractivity contribution in [3.8, 4) is 16.3 Å². The zero-order valence-electron chi connectivity index (χ0n) is 17.2. The van der Waals surface area contributed by atoms with Gasteiger partial charge >= 0.3 is 0 Å². The van der Waals surface area contributed by atoms with Gasteiger partial charge in [-0.3, -0.25) is 0 Å². The van der Waals surface area contributed by atoms with Crippen LogP contribution in [0.2, 0.25) is 0 Å². The van der Waals surface area contributed by atoms with Gasteiger partial charge in [0.1, 0.15) is 11.6 Å². The van der Waals surface area contributed by atoms with E-state index in [1.165, 1.54) is 28.1 Å². The van der Waals surface area contributed by atoms with Gasteiger partial charge in [0.2, 0.25) is 5.16 Å². The highest BCUT2D eigenvalue weighted by molar-refractivity contribution is 7.98. The van der Waals surface area contributed by atoms with Crippen LogP contribution >= 0.6 is 23.1 Å². The van der Waals surface area contributed by atoms with Gasteiger partial charge in [-0.15, -0.1) is 21.5 Å². The molecule has 0 aliphatic rings. The maximum atomic E-state index is 13.7. The van der Waals surface area contributed by atoms with Crippen LogP contribution in [0.5, 0.6) is 5.75 Å². The number of thiazole rings is 1. The van der Waals surface area contributed by atoms with Crippen LogP contribution in [0.3, 0.4) is 0 Å². The van der Waals surface area contributed by atoms with Crippen LogP contribution < -0.4 is 10.6 Å². The van der Waals surface area contributed by atoms with Crippen molar-refractivity contribution in [2.45, 2.75) is 37.3 Å². The first-order valence-corrected chi connectivity index (χ1v) is 11.6. The van der Waals surface area contributed by atoms with Gasteiger partial charge in [-0.05, 0) is 23.6 Å². The van der Waals surface area contributed by atoms with E-state index in [4.69, 9.17) is 15.6 Å². The number of nitrogens with zero attached hydrogens (tertiary/aromatic N) is 4. The lowest BCUT2D eigenvalue weighted by atomic mass is 10.0. The van der Waals surface area contributed by atoms with E-state index < -0.39 is 5.82 Å². The fourth-order valence-corrected chi connectivity index (χ4v) is 4.56. The maximum Gasteiger partial charge on any atom is 0.210 e. The molecule has 4 rings (SSSR count). The number of nitrogens with two attached hydrogens (primary N) is 1. The Hall–Kier alpha value is -2.91. The smallest absolute Gasteiger partial charge is 0.210 e. The topological polar surface area (TPSA) is 78.9 Å². The van der Waals surface area contributed by atoms with Crippen molar-refractivity contribution in [2.24, 2.45) is 0 Å². The van der Waals surface area contributed by atoms with Gasteiger partial charge in [-0.25, -0.2) is 14.1 Å². The van der Waals surface area contributed by atoms with Crippen LogP contribution in [0.15, 0.2) is 59.1 Å². The third-order valence-corrected chi connectivity index (χ3v) is 6.57. The molecule has 2 aromatic carbocycles. The second kappa shape index (κ2) is 9.49. The van der Waals surface area contributed by atoms with Crippen molar-refractivity contribution in [1.29, 1.82) is 0 Å². The van der Waals surface area contributed by atoms with Crippen LogP contribution in [0.4, 0.5) is 4.39 Å². The van der Waals surface area contributed by atoms with Gasteiger partial charge < -0.3 is 10.6 Å². The lowest BCUT2D eigenvalue weighted by molar-refractivity contribution is 0.277. The SMILES string of the molecule is CC(C)c1ccc(-c2nc(CSc3nnc(COc4ccccc4F)n3N)cs2)cc1. The van der Waals surface area contributed by atoms with E-state index in [9.17, 15) is 4.39 Å². The Bertz CT molecular complexity index is 1160. The van der Waals surface area contributed by atoms with Gasteiger partial charge in [-0.2, -0.15) is 0 Å². The first-order chi connectivity index (χ1) is 15.0. The van der Waals surface area contributed by atoms with Crippen LogP contribution in [0, 0.1) is 5.82 Å². The highest BCUT2D eigenvalue weighted by Crippen LogP contribution is 2.28. The van der Waals surface area contributed by atoms with E-state index in [-0.39, 0.29) is 12.4 Å². The van der Waals surface area contributed by atoms with E-state index in [0.717, 1.165) is 16.3 Å². The quantitative estimate of drug-likeness (QED) is 0.289. The molecule has 0 atom stereocenters. The fourth-order valence-electron chi connectivity index (χ4n) is 2.86. The van der Waals surface area contributed by atoms with Crippen LogP contribution in [0.25, 0.3) is 10.6 Å². The van der Waals surface area contributed by atoms with Crippen molar-refractivity contribution < 1.29 is 9.13 Å².